The smallest absolute Gasteiger partial charge is 0.227 e. The second kappa shape index (κ2) is 9.20. The number of amides is 1. The fourth-order valence-corrected chi connectivity index (χ4v) is 2.21. The number of rotatable bonds is 6. The van der Waals surface area contributed by atoms with E-state index in [0.717, 1.165) is 42.5 Å². The van der Waals surface area contributed by atoms with Crippen molar-refractivity contribution in [3.8, 4) is 11.8 Å². The van der Waals surface area contributed by atoms with E-state index >= 15 is 0 Å². The third-order valence-electron chi connectivity index (χ3n) is 3.50. The van der Waals surface area contributed by atoms with Gasteiger partial charge in [0.15, 0.2) is 0 Å². The maximum atomic E-state index is 12.4. The fraction of sp³-hybridized carbons (Fsp3) is 0.500. The number of carbonyl (C=O) groups is 1. The van der Waals surface area contributed by atoms with E-state index < -0.39 is 0 Å². The number of aliphatic hydroxyl groups excluding tert-OH is 1. The van der Waals surface area contributed by atoms with Crippen LogP contribution in [-0.2, 0) is 4.79 Å². The molecule has 0 saturated carbocycles. The molecule has 0 heterocycles. The molecule has 21 heavy (non-hydrogen) atoms. The lowest BCUT2D eigenvalue weighted by atomic mass is 9.98. The molecule has 3 heteroatoms. The highest BCUT2D eigenvalue weighted by Crippen LogP contribution is 2.20. The first-order valence-electron chi connectivity index (χ1n) is 7.63. The molecule has 114 valence electrons. The number of nitrogens with one attached hydrogen (secondary N) is 1. The van der Waals surface area contributed by atoms with Crippen LogP contribution in [0.3, 0.4) is 0 Å². The molecule has 1 aromatic carbocycles. The summed E-state index contributed by atoms with van der Waals surface area (Å²) in [5, 5.41) is 11.8. The van der Waals surface area contributed by atoms with E-state index in [1.165, 1.54) is 0 Å². The Morgan fingerprint density at radius 2 is 2.14 bits per heavy atom. The minimum atomic E-state index is -0.185. The normalized spacial score (nSPS) is 11.4. The van der Waals surface area contributed by atoms with E-state index in [1.54, 1.807) is 0 Å². The highest BCUT2D eigenvalue weighted by molar-refractivity contribution is 5.93. The molecular formula is C18H25NO2. The summed E-state index contributed by atoms with van der Waals surface area (Å²) in [5.74, 6) is 5.64. The lowest BCUT2D eigenvalue weighted by Crippen LogP contribution is -2.22. The predicted octanol–water partition coefficient (Wildman–Crippen LogP) is 3.49. The number of anilines is 1. The Morgan fingerprint density at radius 3 is 2.76 bits per heavy atom. The Bertz CT molecular complexity index is 526. The molecule has 2 N–H and O–H groups in total. The van der Waals surface area contributed by atoms with Crippen molar-refractivity contribution in [2.75, 3.05) is 11.9 Å². The number of carbonyl (C=O) groups excluding carboxylic acids is 1. The number of unbranched alkanes of at least 4 members (excludes halogenated alkanes) is 1. The largest absolute Gasteiger partial charge is 0.384 e. The van der Waals surface area contributed by atoms with Gasteiger partial charge in [-0.25, -0.2) is 0 Å². The van der Waals surface area contributed by atoms with Crippen molar-refractivity contribution < 1.29 is 9.90 Å². The quantitative estimate of drug-likeness (QED) is 0.787. The van der Waals surface area contributed by atoms with Gasteiger partial charge in [0.25, 0.3) is 0 Å². The lowest BCUT2D eigenvalue weighted by molar-refractivity contribution is -0.120. The lowest BCUT2D eigenvalue weighted by Gasteiger charge is -2.15. The Hall–Kier alpha value is -1.79. The zero-order valence-electron chi connectivity index (χ0n) is 13.2. The van der Waals surface area contributed by atoms with E-state index in [4.69, 9.17) is 5.11 Å². The average molecular weight is 287 g/mol. The standard InChI is InChI=1S/C18H25NO2/c1-4-6-8-15(5-2)18(21)19-17-11-10-14(3)13-16(17)9-7-12-20/h10-11,13,15,20H,4-6,8,12H2,1-3H3,(H,19,21). The molecule has 0 bridgehead atoms. The Balaban J connectivity index is 2.88. The molecule has 0 fully saturated rings. The van der Waals surface area contributed by atoms with Gasteiger partial charge in [0.2, 0.25) is 5.91 Å². The molecular weight excluding hydrogens is 262 g/mol. The molecule has 1 rings (SSSR count). The summed E-state index contributed by atoms with van der Waals surface area (Å²) in [4.78, 5) is 12.4. The third kappa shape index (κ3) is 5.61. The number of aryl methyl sites for hydroxylation is 1. The van der Waals surface area contributed by atoms with Gasteiger partial charge in [-0.15, -0.1) is 0 Å². The van der Waals surface area contributed by atoms with Crippen molar-refractivity contribution in [2.45, 2.75) is 46.5 Å². The monoisotopic (exact) mass is 287 g/mol. The van der Waals surface area contributed by atoms with Gasteiger partial charge in [-0.2, -0.15) is 0 Å². The topological polar surface area (TPSA) is 49.3 Å². The van der Waals surface area contributed by atoms with Crippen LogP contribution in [0.2, 0.25) is 0 Å². The number of aliphatic hydroxyl groups is 1. The summed E-state index contributed by atoms with van der Waals surface area (Å²) in [5.41, 5.74) is 2.55. The first-order valence-corrected chi connectivity index (χ1v) is 7.63. The Morgan fingerprint density at radius 1 is 1.38 bits per heavy atom. The van der Waals surface area contributed by atoms with E-state index in [-0.39, 0.29) is 18.4 Å². The van der Waals surface area contributed by atoms with Crippen molar-refractivity contribution >= 4 is 11.6 Å². The second-order valence-corrected chi connectivity index (χ2v) is 5.25. The van der Waals surface area contributed by atoms with Gasteiger partial charge in [-0.3, -0.25) is 4.79 Å². The van der Waals surface area contributed by atoms with Gasteiger partial charge >= 0.3 is 0 Å². The van der Waals surface area contributed by atoms with Crippen LogP contribution in [0.1, 0.15) is 50.7 Å². The number of benzene rings is 1. The van der Waals surface area contributed by atoms with E-state index in [0.29, 0.717) is 0 Å². The molecule has 0 aliphatic heterocycles. The van der Waals surface area contributed by atoms with Gasteiger partial charge in [0, 0.05) is 11.5 Å². The van der Waals surface area contributed by atoms with E-state index in [1.807, 2.05) is 32.0 Å². The van der Waals surface area contributed by atoms with Gasteiger partial charge in [0.05, 0.1) is 5.69 Å². The van der Waals surface area contributed by atoms with Crippen LogP contribution in [0.15, 0.2) is 18.2 Å². The summed E-state index contributed by atoms with van der Waals surface area (Å²) in [6, 6.07) is 5.75. The molecule has 0 aliphatic rings. The van der Waals surface area contributed by atoms with Gasteiger partial charge in [-0.05, 0) is 37.5 Å². The molecule has 1 atom stereocenters. The molecule has 0 saturated heterocycles. The molecule has 0 radical (unpaired) electrons. The maximum absolute atomic E-state index is 12.4. The minimum absolute atomic E-state index is 0.0462. The summed E-state index contributed by atoms with van der Waals surface area (Å²) in [6.45, 7) is 5.97. The van der Waals surface area contributed by atoms with Crippen LogP contribution in [0.4, 0.5) is 5.69 Å². The van der Waals surface area contributed by atoms with E-state index in [2.05, 4.69) is 24.1 Å². The average Bonchev–Trinajstić information content (AvgIpc) is 2.48. The molecule has 1 unspecified atom stereocenters. The Labute approximate surface area is 127 Å². The van der Waals surface area contributed by atoms with Gasteiger partial charge < -0.3 is 10.4 Å². The van der Waals surface area contributed by atoms with Crippen LogP contribution >= 0.6 is 0 Å². The molecule has 1 aromatic rings. The van der Waals surface area contributed by atoms with E-state index in [9.17, 15) is 4.79 Å². The summed E-state index contributed by atoms with van der Waals surface area (Å²) in [6.07, 6.45) is 3.93. The van der Waals surface area contributed by atoms with Crippen LogP contribution in [-0.4, -0.2) is 17.6 Å². The summed E-state index contributed by atoms with van der Waals surface area (Å²) < 4.78 is 0. The zero-order chi connectivity index (χ0) is 15.7. The number of hydrogen-bond acceptors (Lipinski definition) is 2. The first kappa shape index (κ1) is 17.3. The first-order chi connectivity index (χ1) is 10.1. The van der Waals surface area contributed by atoms with Crippen LogP contribution in [0.5, 0.6) is 0 Å². The number of hydrogen-bond donors (Lipinski definition) is 2. The third-order valence-corrected chi connectivity index (χ3v) is 3.50. The fourth-order valence-electron chi connectivity index (χ4n) is 2.21. The Kier molecular flexibility index (Phi) is 7.56. The molecule has 3 nitrogen and oxygen atoms in total. The van der Waals surface area contributed by atoms with Gasteiger partial charge in [0.1, 0.15) is 6.61 Å². The van der Waals surface area contributed by atoms with Crippen molar-refractivity contribution in [1.29, 1.82) is 0 Å². The predicted molar refractivity (Wildman–Crippen MR) is 87.1 cm³/mol. The van der Waals surface area contributed by atoms with Gasteiger partial charge in [-0.1, -0.05) is 44.6 Å². The van der Waals surface area contributed by atoms with Crippen molar-refractivity contribution in [3.63, 3.8) is 0 Å². The SMILES string of the molecule is CCCCC(CC)C(=O)Nc1ccc(C)cc1C#CCO. The highest BCUT2D eigenvalue weighted by Gasteiger charge is 2.16. The highest BCUT2D eigenvalue weighted by atomic mass is 16.2. The second-order valence-electron chi connectivity index (χ2n) is 5.25. The van der Waals surface area contributed by atoms with Crippen molar-refractivity contribution in [1.82, 2.24) is 0 Å². The zero-order valence-corrected chi connectivity index (χ0v) is 13.2. The van der Waals surface area contributed by atoms with Crippen molar-refractivity contribution in [2.24, 2.45) is 5.92 Å². The summed E-state index contributed by atoms with van der Waals surface area (Å²) in [7, 11) is 0. The van der Waals surface area contributed by atoms with Crippen LogP contribution < -0.4 is 5.32 Å². The molecule has 0 spiro atoms. The van der Waals surface area contributed by atoms with Crippen molar-refractivity contribution in [3.05, 3.63) is 29.3 Å². The minimum Gasteiger partial charge on any atom is -0.384 e. The van der Waals surface area contributed by atoms with Crippen LogP contribution in [0.25, 0.3) is 0 Å². The molecule has 0 aliphatic carbocycles. The molecule has 1 amide bonds. The maximum Gasteiger partial charge on any atom is 0.227 e. The molecule has 0 aromatic heterocycles. The van der Waals surface area contributed by atoms with Crippen LogP contribution in [0, 0.1) is 24.7 Å². The summed E-state index contributed by atoms with van der Waals surface area (Å²) >= 11 is 0.